The summed E-state index contributed by atoms with van der Waals surface area (Å²) in [6.45, 7) is 3.58. The zero-order chi connectivity index (χ0) is 34.5. The monoisotopic (exact) mass is 733 g/mol. The van der Waals surface area contributed by atoms with Gasteiger partial charge in [-0.2, -0.15) is 29.8 Å². The molecular formula is C34H33ClF2MnN6O5. The zero-order valence-electron chi connectivity index (χ0n) is 27.0. The fourth-order valence-corrected chi connectivity index (χ4v) is 5.61. The van der Waals surface area contributed by atoms with Gasteiger partial charge in [-0.3, -0.25) is 0 Å². The molecule has 4 heterocycles. The molecule has 0 aliphatic carbocycles. The summed E-state index contributed by atoms with van der Waals surface area (Å²) in [6, 6.07) is 19.0. The number of halogens is 3. The summed E-state index contributed by atoms with van der Waals surface area (Å²) >= 11 is 6.82. The minimum absolute atomic E-state index is 0. The van der Waals surface area contributed by atoms with Crippen LogP contribution in [0.25, 0.3) is 33.4 Å². The standard InChI is InChI=1S/C25H26ClN2O3.C9H7F2N4O2.Mn/c1-16-6-3-4-7-18(16)19-8-5-9-20(24(19)26)21-11-10-17(25(28-21)30-2)14-27-22-12-13-31-15-23(22)29;1-14-7-4(8(16)15(2)9(14)17)3-12-6(13-7)5(10)11;/h3-5,7-11,22-23,27,29H,12-15H2,1-2H3;5H,1-2H3;/q2*-1;+2/t22-,23+;;/m0../s1. The van der Waals surface area contributed by atoms with Crippen LogP contribution in [0.15, 0.2) is 58.1 Å². The van der Waals surface area contributed by atoms with E-state index in [0.29, 0.717) is 30.7 Å². The third-order valence-corrected chi connectivity index (χ3v) is 8.38. The summed E-state index contributed by atoms with van der Waals surface area (Å²) in [7, 11) is 4.22. The summed E-state index contributed by atoms with van der Waals surface area (Å²) < 4.78 is 37.5. The molecule has 1 saturated heterocycles. The molecule has 49 heavy (non-hydrogen) atoms. The molecule has 0 bridgehead atoms. The third kappa shape index (κ3) is 8.23. The number of alkyl halides is 2. The second kappa shape index (κ2) is 16.6. The maximum atomic E-state index is 12.4. The van der Waals surface area contributed by atoms with Crippen LogP contribution in [0.4, 0.5) is 8.78 Å². The average molecular weight is 734 g/mol. The number of nitrogens with zero attached hydrogens (tertiary/aromatic N) is 5. The number of pyridine rings is 1. The number of fused-ring (bicyclic) bond motifs is 1. The quantitative estimate of drug-likeness (QED) is 0.187. The molecule has 1 fully saturated rings. The molecule has 2 atom stereocenters. The fraction of sp³-hybridized carbons (Fsp3) is 0.324. The van der Waals surface area contributed by atoms with E-state index in [2.05, 4.69) is 27.5 Å². The van der Waals surface area contributed by atoms with Crippen molar-refractivity contribution in [2.45, 2.75) is 38.5 Å². The van der Waals surface area contributed by atoms with Crippen molar-refractivity contribution in [2.24, 2.45) is 14.1 Å². The molecule has 3 aromatic heterocycles. The van der Waals surface area contributed by atoms with Gasteiger partial charge >= 0.3 is 22.8 Å². The molecule has 2 aromatic carbocycles. The second-order valence-electron chi connectivity index (χ2n) is 11.1. The van der Waals surface area contributed by atoms with Gasteiger partial charge in [0, 0.05) is 49.4 Å². The van der Waals surface area contributed by atoms with Gasteiger partial charge in [0.2, 0.25) is 5.88 Å². The van der Waals surface area contributed by atoms with Crippen LogP contribution in [0, 0.1) is 19.2 Å². The number of ether oxygens (including phenoxy) is 2. The average Bonchev–Trinajstić information content (AvgIpc) is 3.10. The van der Waals surface area contributed by atoms with Gasteiger partial charge in [0.1, 0.15) is 5.82 Å². The van der Waals surface area contributed by atoms with Crippen molar-refractivity contribution < 1.29 is 40.4 Å². The molecule has 15 heteroatoms. The Morgan fingerprint density at radius 3 is 2.53 bits per heavy atom. The number of rotatable bonds is 7. The van der Waals surface area contributed by atoms with E-state index in [1.54, 1.807) is 7.11 Å². The number of aliphatic hydroxyl groups excluding tert-OH is 1. The number of hydrogen-bond acceptors (Lipinski definition) is 9. The van der Waals surface area contributed by atoms with Gasteiger partial charge in [-0.15, -0.1) is 5.56 Å². The molecule has 257 valence electrons. The minimum atomic E-state index is -2.88. The number of nitrogens with one attached hydrogen (secondary N) is 1. The van der Waals surface area contributed by atoms with E-state index in [4.69, 9.17) is 26.1 Å². The first-order valence-corrected chi connectivity index (χ1v) is 15.3. The maximum absolute atomic E-state index is 12.4. The first kappa shape index (κ1) is 37.8. The molecule has 0 spiro atoms. The van der Waals surface area contributed by atoms with Crippen molar-refractivity contribution in [3.8, 4) is 28.3 Å². The topological polar surface area (TPSA) is 133 Å². The van der Waals surface area contributed by atoms with E-state index in [1.165, 1.54) is 14.1 Å². The molecule has 1 radical (unpaired) electrons. The van der Waals surface area contributed by atoms with Gasteiger partial charge in [0.25, 0.3) is 6.43 Å². The van der Waals surface area contributed by atoms with Crippen molar-refractivity contribution >= 4 is 22.6 Å². The molecule has 0 unspecified atom stereocenters. The predicted molar refractivity (Wildman–Crippen MR) is 176 cm³/mol. The Morgan fingerprint density at radius 2 is 1.84 bits per heavy atom. The summed E-state index contributed by atoms with van der Waals surface area (Å²) in [5, 5.41) is 14.0. The van der Waals surface area contributed by atoms with Crippen LogP contribution in [0.1, 0.15) is 29.8 Å². The Balaban J connectivity index is 0.000000255. The van der Waals surface area contributed by atoms with Crippen LogP contribution in [0.3, 0.4) is 0 Å². The van der Waals surface area contributed by atoms with Gasteiger partial charge in [-0.25, -0.2) is 18.6 Å². The first-order valence-electron chi connectivity index (χ1n) is 14.9. The Kier molecular flexibility index (Phi) is 12.8. The van der Waals surface area contributed by atoms with Crippen LogP contribution < -0.4 is 21.3 Å². The Bertz CT molecular complexity index is 2060. The fourth-order valence-electron chi connectivity index (χ4n) is 5.29. The predicted octanol–water partition coefficient (Wildman–Crippen LogP) is 4.19. The van der Waals surface area contributed by atoms with E-state index < -0.39 is 29.6 Å². The normalized spacial score (nSPS) is 15.8. The van der Waals surface area contributed by atoms with Gasteiger partial charge in [-0.05, 0) is 24.1 Å². The third-order valence-electron chi connectivity index (χ3n) is 7.97. The van der Waals surface area contributed by atoms with E-state index in [1.807, 2.05) is 55.5 Å². The first-order chi connectivity index (χ1) is 23.0. The number of aromatic nitrogens is 5. The van der Waals surface area contributed by atoms with E-state index >= 15 is 0 Å². The van der Waals surface area contributed by atoms with E-state index in [-0.39, 0.29) is 34.1 Å². The van der Waals surface area contributed by atoms with Crippen molar-refractivity contribution in [1.29, 1.82) is 0 Å². The van der Waals surface area contributed by atoms with E-state index in [9.17, 15) is 23.5 Å². The smallest absolute Gasteiger partial charge is 0.481 e. The van der Waals surface area contributed by atoms with Crippen molar-refractivity contribution in [3.63, 3.8) is 0 Å². The van der Waals surface area contributed by atoms with Crippen LogP contribution in [-0.4, -0.2) is 61.7 Å². The molecule has 0 amide bonds. The SMILES string of the molecule is COc1nc(-c2cccc(-c3ccc[c-]c3C)c2Cl)ccc1CN[C@H]1CCOC[C@H]1O.Cn1c(=O)c2[c-]nc(C(F)F)nc2n(C)c1=O.[Mn+2]. The van der Waals surface area contributed by atoms with Gasteiger partial charge in [0.05, 0.1) is 31.2 Å². The molecule has 5 aromatic rings. The Labute approximate surface area is 296 Å². The maximum Gasteiger partial charge on any atom is 2.00 e. The largest absolute Gasteiger partial charge is 2.00 e. The second-order valence-corrected chi connectivity index (χ2v) is 11.4. The zero-order valence-corrected chi connectivity index (χ0v) is 28.9. The van der Waals surface area contributed by atoms with Crippen LogP contribution in [0.2, 0.25) is 5.02 Å². The summed E-state index contributed by atoms with van der Waals surface area (Å²) in [4.78, 5) is 34.7. The number of aryl methyl sites for hydroxylation is 2. The molecule has 2 N–H and O–H groups in total. The molecule has 0 saturated carbocycles. The Morgan fingerprint density at radius 1 is 1.10 bits per heavy atom. The summed E-state index contributed by atoms with van der Waals surface area (Å²) in [5.74, 6) is -0.224. The van der Waals surface area contributed by atoms with Gasteiger partial charge < -0.3 is 43.8 Å². The van der Waals surface area contributed by atoms with Crippen molar-refractivity contribution in [2.75, 3.05) is 20.3 Å². The number of methoxy groups -OCH3 is 1. The molecule has 6 rings (SSSR count). The van der Waals surface area contributed by atoms with Gasteiger partial charge in [-0.1, -0.05) is 48.4 Å². The minimum Gasteiger partial charge on any atom is -0.481 e. The molecule has 1 aliphatic rings. The van der Waals surface area contributed by atoms with Crippen LogP contribution in [-0.2, 0) is 42.4 Å². The van der Waals surface area contributed by atoms with Crippen molar-refractivity contribution in [1.82, 2.24) is 29.4 Å². The molecule has 11 nitrogen and oxygen atoms in total. The van der Waals surface area contributed by atoms with Crippen molar-refractivity contribution in [3.05, 3.63) is 104 Å². The van der Waals surface area contributed by atoms with Crippen LogP contribution >= 0.6 is 11.6 Å². The number of aliphatic hydroxyl groups is 1. The summed E-state index contributed by atoms with van der Waals surface area (Å²) in [5.41, 5.74) is 4.11. The Hall–Kier alpha value is -4.04. The van der Waals surface area contributed by atoms with Crippen LogP contribution in [0.5, 0.6) is 5.88 Å². The molecule has 1 aliphatic heterocycles. The van der Waals surface area contributed by atoms with Gasteiger partial charge in [0.15, 0.2) is 5.56 Å². The number of benzene rings is 2. The molecular weight excluding hydrogens is 701 g/mol. The van der Waals surface area contributed by atoms with E-state index in [0.717, 1.165) is 49.1 Å². The summed E-state index contributed by atoms with van der Waals surface area (Å²) in [6.07, 6.45) is -0.423. The number of hydrogen-bond donors (Lipinski definition) is 2.